The van der Waals surface area contributed by atoms with Gasteiger partial charge in [0.05, 0.1) is 6.54 Å². The number of hydrogen-bond donors (Lipinski definition) is 1. The van der Waals surface area contributed by atoms with Crippen molar-refractivity contribution in [2.45, 2.75) is 13.3 Å². The third-order valence-corrected chi connectivity index (χ3v) is 2.74. The lowest BCUT2D eigenvalue weighted by Crippen LogP contribution is -2.23. The zero-order valence-electron chi connectivity index (χ0n) is 8.52. The van der Waals surface area contributed by atoms with Crippen LogP contribution in [0.5, 0.6) is 0 Å². The number of carbonyl (C=O) groups is 1. The molecule has 0 fully saturated rings. The number of Topliss-reactive ketones (excluding diaryl/α,β-unsaturated/α-hetero) is 1. The Balaban J connectivity index is 2.63. The molecular formula is C11H13BrFNO. The van der Waals surface area contributed by atoms with Crippen LogP contribution in [0.1, 0.15) is 12.5 Å². The largest absolute Gasteiger partial charge is 0.310 e. The maximum Gasteiger partial charge on any atom is 0.151 e. The fourth-order valence-corrected chi connectivity index (χ4v) is 1.60. The van der Waals surface area contributed by atoms with Crippen molar-refractivity contribution >= 4 is 21.7 Å². The number of carbonyl (C=O) groups excluding carboxylic acids is 1. The molecule has 15 heavy (non-hydrogen) atoms. The van der Waals surface area contributed by atoms with Crippen molar-refractivity contribution in [1.82, 2.24) is 5.32 Å². The van der Waals surface area contributed by atoms with Gasteiger partial charge in [0, 0.05) is 10.9 Å². The van der Waals surface area contributed by atoms with Crippen LogP contribution in [-0.2, 0) is 11.2 Å². The molecule has 1 N–H and O–H groups in total. The summed E-state index contributed by atoms with van der Waals surface area (Å²) in [5.74, 6) is -0.257. The molecule has 1 aromatic rings. The van der Waals surface area contributed by atoms with Crippen molar-refractivity contribution in [3.8, 4) is 0 Å². The van der Waals surface area contributed by atoms with Crippen LogP contribution in [0.2, 0.25) is 0 Å². The van der Waals surface area contributed by atoms with Crippen molar-refractivity contribution in [1.29, 1.82) is 0 Å². The quantitative estimate of drug-likeness (QED) is 0.892. The normalized spacial score (nSPS) is 10.3. The van der Waals surface area contributed by atoms with Gasteiger partial charge in [-0.3, -0.25) is 4.79 Å². The molecule has 1 rings (SSSR count). The van der Waals surface area contributed by atoms with E-state index in [4.69, 9.17) is 0 Å². The van der Waals surface area contributed by atoms with Crippen LogP contribution in [0, 0.1) is 5.82 Å². The molecule has 0 aliphatic carbocycles. The number of rotatable bonds is 5. The topological polar surface area (TPSA) is 29.1 Å². The van der Waals surface area contributed by atoms with E-state index in [9.17, 15) is 9.18 Å². The SMILES string of the molecule is CCNCC(=O)Cc1cc(F)ccc1Br. The van der Waals surface area contributed by atoms with Crippen LogP contribution in [0.4, 0.5) is 4.39 Å². The Bertz CT molecular complexity index is 354. The first-order chi connectivity index (χ1) is 7.13. The van der Waals surface area contributed by atoms with E-state index in [2.05, 4.69) is 21.2 Å². The first-order valence-corrected chi connectivity index (χ1v) is 5.59. The number of hydrogen-bond acceptors (Lipinski definition) is 2. The second kappa shape index (κ2) is 5.98. The summed E-state index contributed by atoms with van der Waals surface area (Å²) < 4.78 is 13.7. The molecule has 4 heteroatoms. The molecular weight excluding hydrogens is 261 g/mol. The second-order valence-electron chi connectivity index (χ2n) is 3.23. The summed E-state index contributed by atoms with van der Waals surface area (Å²) in [7, 11) is 0. The van der Waals surface area contributed by atoms with E-state index in [1.807, 2.05) is 6.92 Å². The highest BCUT2D eigenvalue weighted by Crippen LogP contribution is 2.18. The average Bonchev–Trinajstić information content (AvgIpc) is 2.20. The minimum atomic E-state index is -0.315. The van der Waals surface area contributed by atoms with Crippen LogP contribution in [0.25, 0.3) is 0 Å². The van der Waals surface area contributed by atoms with E-state index in [0.29, 0.717) is 12.1 Å². The predicted molar refractivity (Wildman–Crippen MR) is 61.4 cm³/mol. The smallest absolute Gasteiger partial charge is 0.151 e. The first-order valence-electron chi connectivity index (χ1n) is 4.79. The number of likely N-dealkylation sites (N-methyl/N-ethyl adjacent to an activating group) is 1. The van der Waals surface area contributed by atoms with Crippen LogP contribution < -0.4 is 5.32 Å². The van der Waals surface area contributed by atoms with Crippen LogP contribution in [-0.4, -0.2) is 18.9 Å². The lowest BCUT2D eigenvalue weighted by atomic mass is 10.1. The molecule has 2 nitrogen and oxygen atoms in total. The highest BCUT2D eigenvalue weighted by Gasteiger charge is 2.07. The van der Waals surface area contributed by atoms with E-state index >= 15 is 0 Å². The van der Waals surface area contributed by atoms with Gasteiger partial charge in [0.1, 0.15) is 5.82 Å². The molecule has 0 amide bonds. The molecule has 0 aromatic heterocycles. The van der Waals surface area contributed by atoms with Crippen molar-refractivity contribution in [3.63, 3.8) is 0 Å². The summed E-state index contributed by atoms with van der Waals surface area (Å²) in [4.78, 5) is 11.4. The summed E-state index contributed by atoms with van der Waals surface area (Å²) in [5, 5.41) is 2.94. The Labute approximate surface area is 97.0 Å². The molecule has 0 heterocycles. The molecule has 0 bridgehead atoms. The molecule has 0 unspecified atom stereocenters. The second-order valence-corrected chi connectivity index (χ2v) is 4.09. The lowest BCUT2D eigenvalue weighted by Gasteiger charge is -2.04. The third-order valence-electron chi connectivity index (χ3n) is 1.97. The summed E-state index contributed by atoms with van der Waals surface area (Å²) in [6.45, 7) is 3.03. The van der Waals surface area contributed by atoms with E-state index in [0.717, 1.165) is 11.0 Å². The maximum atomic E-state index is 12.9. The summed E-state index contributed by atoms with van der Waals surface area (Å²) >= 11 is 3.29. The average molecular weight is 274 g/mol. The third kappa shape index (κ3) is 4.10. The Hall–Kier alpha value is -0.740. The molecule has 0 radical (unpaired) electrons. The van der Waals surface area contributed by atoms with Gasteiger partial charge in [0.25, 0.3) is 0 Å². The van der Waals surface area contributed by atoms with E-state index in [1.165, 1.54) is 12.1 Å². The zero-order valence-corrected chi connectivity index (χ0v) is 10.1. The summed E-state index contributed by atoms with van der Waals surface area (Å²) in [6, 6.07) is 4.36. The monoisotopic (exact) mass is 273 g/mol. The van der Waals surface area contributed by atoms with Gasteiger partial charge < -0.3 is 5.32 Å². The van der Waals surface area contributed by atoms with Gasteiger partial charge in [-0.05, 0) is 30.3 Å². The number of benzene rings is 1. The minimum Gasteiger partial charge on any atom is -0.310 e. The molecule has 82 valence electrons. The van der Waals surface area contributed by atoms with Crippen LogP contribution in [0.15, 0.2) is 22.7 Å². The Kier molecular flexibility index (Phi) is 4.91. The Morgan fingerprint density at radius 3 is 2.93 bits per heavy atom. The molecule has 0 atom stereocenters. The molecule has 0 aliphatic heterocycles. The molecule has 0 saturated carbocycles. The van der Waals surface area contributed by atoms with Crippen molar-refractivity contribution in [3.05, 3.63) is 34.1 Å². The highest BCUT2D eigenvalue weighted by molar-refractivity contribution is 9.10. The number of nitrogens with one attached hydrogen (secondary N) is 1. The van der Waals surface area contributed by atoms with Gasteiger partial charge in [-0.25, -0.2) is 4.39 Å². The molecule has 0 saturated heterocycles. The van der Waals surface area contributed by atoms with Gasteiger partial charge in [-0.2, -0.15) is 0 Å². The lowest BCUT2D eigenvalue weighted by molar-refractivity contribution is -0.117. The Morgan fingerprint density at radius 1 is 1.53 bits per heavy atom. The maximum absolute atomic E-state index is 12.9. The molecule has 0 aliphatic rings. The van der Waals surface area contributed by atoms with E-state index in [-0.39, 0.29) is 18.0 Å². The Morgan fingerprint density at radius 2 is 2.27 bits per heavy atom. The summed E-state index contributed by atoms with van der Waals surface area (Å²) in [5.41, 5.74) is 0.693. The summed E-state index contributed by atoms with van der Waals surface area (Å²) in [6.07, 6.45) is 0.255. The fourth-order valence-electron chi connectivity index (χ4n) is 1.22. The van der Waals surface area contributed by atoms with Gasteiger partial charge in [-0.1, -0.05) is 22.9 Å². The molecule has 0 spiro atoms. The molecule has 1 aromatic carbocycles. The standard InChI is InChI=1S/C11H13BrFNO/c1-2-14-7-10(15)6-8-5-9(13)3-4-11(8)12/h3-5,14H,2,6-7H2,1H3. The van der Waals surface area contributed by atoms with Crippen molar-refractivity contribution in [2.75, 3.05) is 13.1 Å². The minimum absolute atomic E-state index is 0.0585. The number of halogens is 2. The van der Waals surface area contributed by atoms with Gasteiger partial charge in [0.15, 0.2) is 5.78 Å². The zero-order chi connectivity index (χ0) is 11.3. The predicted octanol–water partition coefficient (Wildman–Crippen LogP) is 2.31. The van der Waals surface area contributed by atoms with Gasteiger partial charge in [-0.15, -0.1) is 0 Å². The van der Waals surface area contributed by atoms with E-state index in [1.54, 1.807) is 6.07 Å². The van der Waals surface area contributed by atoms with Gasteiger partial charge in [0.2, 0.25) is 0 Å². The van der Waals surface area contributed by atoms with E-state index < -0.39 is 0 Å². The number of ketones is 1. The van der Waals surface area contributed by atoms with Crippen LogP contribution >= 0.6 is 15.9 Å². The van der Waals surface area contributed by atoms with Crippen molar-refractivity contribution < 1.29 is 9.18 Å². The van der Waals surface area contributed by atoms with Crippen molar-refractivity contribution in [2.24, 2.45) is 0 Å². The first kappa shape index (κ1) is 12.3. The van der Waals surface area contributed by atoms with Crippen LogP contribution in [0.3, 0.4) is 0 Å². The highest BCUT2D eigenvalue weighted by atomic mass is 79.9. The van der Waals surface area contributed by atoms with Gasteiger partial charge >= 0.3 is 0 Å². The fraction of sp³-hybridized carbons (Fsp3) is 0.364.